The molecule has 3 rings (SSSR count). The maximum absolute atomic E-state index is 5.49. The van der Waals surface area contributed by atoms with Gasteiger partial charge in [0.05, 0.1) is 7.11 Å². The summed E-state index contributed by atoms with van der Waals surface area (Å²) in [5.74, 6) is 0.947. The summed E-state index contributed by atoms with van der Waals surface area (Å²) < 4.78 is 5.49. The number of fused-ring (bicyclic) bond motifs is 3. The molecule has 0 heterocycles. The van der Waals surface area contributed by atoms with Crippen LogP contribution in [0.2, 0.25) is 0 Å². The van der Waals surface area contributed by atoms with Crippen LogP contribution in [0.1, 0.15) is 5.56 Å². The van der Waals surface area contributed by atoms with E-state index >= 15 is 0 Å². The summed E-state index contributed by atoms with van der Waals surface area (Å²) in [5.41, 5.74) is 1.28. The van der Waals surface area contributed by atoms with Gasteiger partial charge in [-0.15, -0.1) is 0 Å². The molecule has 0 aromatic heterocycles. The van der Waals surface area contributed by atoms with E-state index in [0.29, 0.717) is 0 Å². The van der Waals surface area contributed by atoms with Gasteiger partial charge in [-0.3, -0.25) is 0 Å². The van der Waals surface area contributed by atoms with E-state index in [2.05, 4.69) is 49.4 Å². The van der Waals surface area contributed by atoms with Crippen LogP contribution in [0, 0.1) is 6.92 Å². The van der Waals surface area contributed by atoms with Crippen LogP contribution in [0.3, 0.4) is 0 Å². The van der Waals surface area contributed by atoms with Crippen molar-refractivity contribution in [3.63, 3.8) is 0 Å². The molecular formula is C16H14O. The smallest absolute Gasteiger partial charge is 0.127 e. The third-order valence-corrected chi connectivity index (χ3v) is 3.30. The largest absolute Gasteiger partial charge is 0.496 e. The molecule has 1 nitrogen and oxygen atoms in total. The zero-order valence-electron chi connectivity index (χ0n) is 10.0. The standard InChI is InChI=1S/C16H14O/c1-11-7-10-15(17-2)16-13(11)9-8-12-5-3-4-6-14(12)16/h3-10H,1-2H3. The number of aryl methyl sites for hydroxylation is 1. The first-order valence-corrected chi connectivity index (χ1v) is 5.76. The van der Waals surface area contributed by atoms with E-state index in [1.54, 1.807) is 7.11 Å². The third-order valence-electron chi connectivity index (χ3n) is 3.30. The summed E-state index contributed by atoms with van der Waals surface area (Å²) in [6.45, 7) is 2.14. The highest BCUT2D eigenvalue weighted by atomic mass is 16.5. The average Bonchev–Trinajstić information content (AvgIpc) is 2.39. The normalized spacial score (nSPS) is 10.9. The van der Waals surface area contributed by atoms with Crippen molar-refractivity contribution in [2.24, 2.45) is 0 Å². The number of hydrogen-bond acceptors (Lipinski definition) is 1. The monoisotopic (exact) mass is 222 g/mol. The van der Waals surface area contributed by atoms with Crippen LogP contribution in [-0.2, 0) is 0 Å². The highest BCUT2D eigenvalue weighted by Crippen LogP contribution is 2.34. The van der Waals surface area contributed by atoms with Gasteiger partial charge in [0, 0.05) is 5.39 Å². The Hall–Kier alpha value is -2.02. The van der Waals surface area contributed by atoms with Crippen LogP contribution in [0.25, 0.3) is 21.5 Å². The zero-order valence-corrected chi connectivity index (χ0v) is 10.0. The number of benzene rings is 3. The molecule has 0 saturated heterocycles. The lowest BCUT2D eigenvalue weighted by Gasteiger charge is -2.10. The van der Waals surface area contributed by atoms with E-state index in [9.17, 15) is 0 Å². The summed E-state index contributed by atoms with van der Waals surface area (Å²) in [5, 5.41) is 4.99. The van der Waals surface area contributed by atoms with Gasteiger partial charge in [-0.25, -0.2) is 0 Å². The molecular weight excluding hydrogens is 208 g/mol. The zero-order chi connectivity index (χ0) is 11.8. The van der Waals surface area contributed by atoms with Gasteiger partial charge < -0.3 is 4.74 Å². The molecule has 0 amide bonds. The SMILES string of the molecule is COc1ccc(C)c2ccc3ccccc3c12. The first-order chi connectivity index (χ1) is 8.31. The Kier molecular flexibility index (Phi) is 2.25. The third kappa shape index (κ3) is 1.47. The molecule has 0 fully saturated rings. The van der Waals surface area contributed by atoms with Crippen LogP contribution in [0.5, 0.6) is 5.75 Å². The summed E-state index contributed by atoms with van der Waals surface area (Å²) in [6, 6.07) is 16.9. The maximum Gasteiger partial charge on any atom is 0.127 e. The molecule has 0 radical (unpaired) electrons. The minimum Gasteiger partial charge on any atom is -0.496 e. The minimum absolute atomic E-state index is 0.947. The summed E-state index contributed by atoms with van der Waals surface area (Å²) >= 11 is 0. The fourth-order valence-corrected chi connectivity index (χ4v) is 2.41. The fraction of sp³-hybridized carbons (Fsp3) is 0.125. The van der Waals surface area contributed by atoms with E-state index in [4.69, 9.17) is 4.74 Å². The summed E-state index contributed by atoms with van der Waals surface area (Å²) in [4.78, 5) is 0. The average molecular weight is 222 g/mol. The summed E-state index contributed by atoms with van der Waals surface area (Å²) in [6.07, 6.45) is 0. The molecule has 0 saturated carbocycles. The molecule has 0 unspecified atom stereocenters. The molecule has 0 bridgehead atoms. The molecule has 1 heteroatoms. The van der Waals surface area contributed by atoms with Gasteiger partial charge in [0.25, 0.3) is 0 Å². The predicted molar refractivity (Wildman–Crippen MR) is 72.7 cm³/mol. The molecule has 0 N–H and O–H groups in total. The van der Waals surface area contributed by atoms with Crippen molar-refractivity contribution in [1.82, 2.24) is 0 Å². The van der Waals surface area contributed by atoms with Crippen molar-refractivity contribution in [3.05, 3.63) is 54.1 Å². The van der Waals surface area contributed by atoms with E-state index < -0.39 is 0 Å². The summed E-state index contributed by atoms with van der Waals surface area (Å²) in [7, 11) is 1.73. The Bertz CT molecular complexity index is 698. The van der Waals surface area contributed by atoms with E-state index in [-0.39, 0.29) is 0 Å². The number of methoxy groups -OCH3 is 1. The first kappa shape index (κ1) is 10.2. The lowest BCUT2D eigenvalue weighted by atomic mass is 9.98. The van der Waals surface area contributed by atoms with Crippen LogP contribution >= 0.6 is 0 Å². The van der Waals surface area contributed by atoms with Crippen molar-refractivity contribution in [1.29, 1.82) is 0 Å². The van der Waals surface area contributed by atoms with Gasteiger partial charge in [-0.2, -0.15) is 0 Å². The van der Waals surface area contributed by atoms with Gasteiger partial charge >= 0.3 is 0 Å². The van der Waals surface area contributed by atoms with Crippen molar-refractivity contribution in [2.45, 2.75) is 6.92 Å². The first-order valence-electron chi connectivity index (χ1n) is 5.76. The molecule has 17 heavy (non-hydrogen) atoms. The highest BCUT2D eigenvalue weighted by molar-refractivity contribution is 6.11. The molecule has 0 aliphatic carbocycles. The molecule has 3 aromatic carbocycles. The second-order valence-corrected chi connectivity index (χ2v) is 4.29. The van der Waals surface area contributed by atoms with Gasteiger partial charge in [-0.1, -0.05) is 42.5 Å². The Balaban J connectivity index is 2.59. The molecule has 84 valence electrons. The number of ether oxygens (including phenoxy) is 1. The Morgan fingerprint density at radius 2 is 1.65 bits per heavy atom. The second-order valence-electron chi connectivity index (χ2n) is 4.29. The Labute approximate surface area is 101 Å². The molecule has 3 aromatic rings. The van der Waals surface area contributed by atoms with Gasteiger partial charge in [0.15, 0.2) is 0 Å². The van der Waals surface area contributed by atoms with Crippen molar-refractivity contribution in [2.75, 3.05) is 7.11 Å². The van der Waals surface area contributed by atoms with Crippen molar-refractivity contribution in [3.8, 4) is 5.75 Å². The van der Waals surface area contributed by atoms with Crippen LogP contribution in [-0.4, -0.2) is 7.11 Å². The van der Waals surface area contributed by atoms with Gasteiger partial charge in [0.2, 0.25) is 0 Å². The number of rotatable bonds is 1. The molecule has 0 aliphatic rings. The Morgan fingerprint density at radius 3 is 2.47 bits per heavy atom. The fourth-order valence-electron chi connectivity index (χ4n) is 2.41. The minimum atomic E-state index is 0.947. The second kappa shape index (κ2) is 3.77. The van der Waals surface area contributed by atoms with E-state index in [0.717, 1.165) is 5.75 Å². The maximum atomic E-state index is 5.49. The van der Waals surface area contributed by atoms with E-state index in [1.165, 1.54) is 27.1 Å². The molecule has 0 atom stereocenters. The lowest BCUT2D eigenvalue weighted by molar-refractivity contribution is 0.420. The highest BCUT2D eigenvalue weighted by Gasteiger charge is 2.07. The molecule has 0 spiro atoms. The lowest BCUT2D eigenvalue weighted by Crippen LogP contribution is -1.88. The van der Waals surface area contributed by atoms with Gasteiger partial charge in [-0.05, 0) is 34.7 Å². The molecule has 0 aliphatic heterocycles. The Morgan fingerprint density at radius 1 is 0.824 bits per heavy atom. The van der Waals surface area contributed by atoms with E-state index in [1.807, 2.05) is 6.07 Å². The quantitative estimate of drug-likeness (QED) is 0.557. The van der Waals surface area contributed by atoms with Crippen molar-refractivity contribution < 1.29 is 4.74 Å². The van der Waals surface area contributed by atoms with Gasteiger partial charge in [0.1, 0.15) is 5.75 Å². The van der Waals surface area contributed by atoms with Crippen LogP contribution in [0.4, 0.5) is 0 Å². The predicted octanol–water partition coefficient (Wildman–Crippen LogP) is 4.31. The van der Waals surface area contributed by atoms with Crippen LogP contribution in [0.15, 0.2) is 48.5 Å². The van der Waals surface area contributed by atoms with Crippen molar-refractivity contribution >= 4 is 21.5 Å². The number of hydrogen-bond donors (Lipinski definition) is 0. The van der Waals surface area contributed by atoms with Crippen LogP contribution < -0.4 is 4.74 Å². The topological polar surface area (TPSA) is 9.23 Å².